The Kier molecular flexibility index (Phi) is 3.22. The number of halogens is 1. The summed E-state index contributed by atoms with van der Waals surface area (Å²) < 4.78 is 12.7. The van der Waals surface area contributed by atoms with Gasteiger partial charge in [0.1, 0.15) is 5.54 Å². The molecule has 0 unspecified atom stereocenters. The number of carboxylic acids is 1. The van der Waals surface area contributed by atoms with E-state index in [0.29, 0.717) is 0 Å². The summed E-state index contributed by atoms with van der Waals surface area (Å²) in [6.45, 7) is 2.68. The fraction of sp³-hybridized carbons (Fsp3) is 0.300. The predicted octanol–water partition coefficient (Wildman–Crippen LogP) is 0.814. The summed E-state index contributed by atoms with van der Waals surface area (Å²) in [4.78, 5) is 25.6. The number of aromatic nitrogens is 1. The Bertz CT molecular complexity index is 432. The number of carbonyl (C=O) groups is 2. The van der Waals surface area contributed by atoms with Crippen LogP contribution in [0.2, 0.25) is 0 Å². The van der Waals surface area contributed by atoms with Crippen LogP contribution < -0.4 is 5.32 Å². The maximum Gasteiger partial charge on any atom is 0.328 e. The molecule has 0 saturated carbocycles. The first-order valence-corrected chi connectivity index (χ1v) is 4.50. The van der Waals surface area contributed by atoms with E-state index in [1.54, 1.807) is 0 Å². The Morgan fingerprint density at radius 2 is 2.12 bits per heavy atom. The lowest BCUT2D eigenvalue weighted by Crippen LogP contribution is -2.49. The van der Waals surface area contributed by atoms with Crippen molar-refractivity contribution < 1.29 is 19.1 Å². The highest BCUT2D eigenvalue weighted by Gasteiger charge is 2.29. The molecule has 1 aromatic rings. The molecule has 0 saturated heterocycles. The molecule has 0 atom stereocenters. The first-order valence-electron chi connectivity index (χ1n) is 4.50. The van der Waals surface area contributed by atoms with Crippen molar-refractivity contribution in [3.05, 3.63) is 29.8 Å². The minimum atomic E-state index is -1.41. The molecule has 16 heavy (non-hydrogen) atoms. The highest BCUT2D eigenvalue weighted by molar-refractivity contribution is 5.97. The SMILES string of the molecule is CC(C)(NC(=O)c1ccnc(F)c1)C(=O)O. The average molecular weight is 226 g/mol. The molecule has 86 valence electrons. The number of carboxylic acid groups (broad SMARTS) is 1. The van der Waals surface area contributed by atoms with Gasteiger partial charge in [0.2, 0.25) is 5.95 Å². The van der Waals surface area contributed by atoms with E-state index in [9.17, 15) is 14.0 Å². The van der Waals surface area contributed by atoms with Gasteiger partial charge in [-0.1, -0.05) is 0 Å². The molecule has 1 rings (SSSR count). The quantitative estimate of drug-likeness (QED) is 0.747. The molecule has 1 aromatic heterocycles. The summed E-state index contributed by atoms with van der Waals surface area (Å²) in [6.07, 6.45) is 1.14. The largest absolute Gasteiger partial charge is 0.480 e. The minimum Gasteiger partial charge on any atom is -0.480 e. The number of nitrogens with zero attached hydrogens (tertiary/aromatic N) is 1. The van der Waals surface area contributed by atoms with Crippen LogP contribution in [0.4, 0.5) is 4.39 Å². The third kappa shape index (κ3) is 2.75. The van der Waals surface area contributed by atoms with Gasteiger partial charge in [0, 0.05) is 17.8 Å². The lowest BCUT2D eigenvalue weighted by atomic mass is 10.1. The molecular weight excluding hydrogens is 215 g/mol. The fourth-order valence-corrected chi connectivity index (χ4v) is 0.953. The summed E-state index contributed by atoms with van der Waals surface area (Å²) in [5, 5.41) is 11.1. The topological polar surface area (TPSA) is 79.3 Å². The lowest BCUT2D eigenvalue weighted by molar-refractivity contribution is -0.143. The number of carbonyl (C=O) groups excluding carboxylic acids is 1. The van der Waals surface area contributed by atoms with Gasteiger partial charge >= 0.3 is 5.97 Å². The summed E-state index contributed by atoms with van der Waals surface area (Å²) in [5.41, 5.74) is -1.38. The molecule has 0 aliphatic heterocycles. The predicted molar refractivity (Wildman–Crippen MR) is 53.4 cm³/mol. The van der Waals surface area contributed by atoms with E-state index in [2.05, 4.69) is 10.3 Å². The molecule has 0 spiro atoms. The highest BCUT2D eigenvalue weighted by Crippen LogP contribution is 2.06. The number of pyridine rings is 1. The van der Waals surface area contributed by atoms with Crippen molar-refractivity contribution >= 4 is 11.9 Å². The average Bonchev–Trinajstić information content (AvgIpc) is 2.16. The Balaban J connectivity index is 2.85. The Hall–Kier alpha value is -1.98. The van der Waals surface area contributed by atoms with E-state index in [0.717, 1.165) is 12.3 Å². The number of rotatable bonds is 3. The monoisotopic (exact) mass is 226 g/mol. The van der Waals surface area contributed by atoms with Crippen LogP contribution >= 0.6 is 0 Å². The van der Waals surface area contributed by atoms with Crippen LogP contribution in [0.3, 0.4) is 0 Å². The maximum atomic E-state index is 12.7. The van der Waals surface area contributed by atoms with Crippen molar-refractivity contribution in [2.45, 2.75) is 19.4 Å². The molecule has 1 amide bonds. The molecule has 5 nitrogen and oxygen atoms in total. The normalized spacial score (nSPS) is 10.9. The van der Waals surface area contributed by atoms with Gasteiger partial charge < -0.3 is 10.4 Å². The van der Waals surface area contributed by atoms with Crippen molar-refractivity contribution in [1.29, 1.82) is 0 Å². The first-order chi connectivity index (χ1) is 7.33. The zero-order valence-electron chi connectivity index (χ0n) is 8.82. The molecule has 2 N–H and O–H groups in total. The maximum absolute atomic E-state index is 12.7. The molecule has 0 bridgehead atoms. The number of aliphatic carboxylic acids is 1. The van der Waals surface area contributed by atoms with Crippen molar-refractivity contribution in [2.75, 3.05) is 0 Å². The highest BCUT2D eigenvalue weighted by atomic mass is 19.1. The van der Waals surface area contributed by atoms with Crippen molar-refractivity contribution in [3.63, 3.8) is 0 Å². The van der Waals surface area contributed by atoms with E-state index in [1.807, 2.05) is 0 Å². The van der Waals surface area contributed by atoms with Gasteiger partial charge in [-0.15, -0.1) is 0 Å². The van der Waals surface area contributed by atoms with Crippen molar-refractivity contribution in [1.82, 2.24) is 10.3 Å². The summed E-state index contributed by atoms with van der Waals surface area (Å²) in [5.74, 6) is -2.62. The van der Waals surface area contributed by atoms with Crippen LogP contribution in [0.25, 0.3) is 0 Å². The second-order valence-corrected chi connectivity index (χ2v) is 3.75. The van der Waals surface area contributed by atoms with Gasteiger partial charge in [0.25, 0.3) is 5.91 Å². The molecular formula is C10H11FN2O3. The lowest BCUT2D eigenvalue weighted by Gasteiger charge is -2.20. The molecule has 0 fully saturated rings. The van der Waals surface area contributed by atoms with Gasteiger partial charge in [-0.05, 0) is 19.9 Å². The van der Waals surface area contributed by atoms with E-state index < -0.39 is 23.4 Å². The number of hydrogen-bond acceptors (Lipinski definition) is 3. The number of amides is 1. The fourth-order valence-electron chi connectivity index (χ4n) is 0.953. The Morgan fingerprint density at radius 3 is 2.62 bits per heavy atom. The smallest absolute Gasteiger partial charge is 0.328 e. The standard InChI is InChI=1S/C10H11FN2O3/c1-10(2,9(15)16)13-8(14)6-3-4-12-7(11)5-6/h3-5H,1-2H3,(H,13,14)(H,15,16). The van der Waals surface area contributed by atoms with Gasteiger partial charge in [-0.3, -0.25) is 4.79 Å². The van der Waals surface area contributed by atoms with Crippen LogP contribution in [0.1, 0.15) is 24.2 Å². The van der Waals surface area contributed by atoms with Crippen LogP contribution in [0.5, 0.6) is 0 Å². The summed E-state index contributed by atoms with van der Waals surface area (Å²) in [7, 11) is 0. The second kappa shape index (κ2) is 4.26. The van der Waals surface area contributed by atoms with Crippen molar-refractivity contribution in [2.24, 2.45) is 0 Å². The van der Waals surface area contributed by atoms with Crippen LogP contribution in [0.15, 0.2) is 18.3 Å². The van der Waals surface area contributed by atoms with E-state index in [-0.39, 0.29) is 5.56 Å². The first kappa shape index (κ1) is 12.1. The molecule has 0 aliphatic rings. The zero-order valence-corrected chi connectivity index (χ0v) is 8.82. The summed E-state index contributed by atoms with van der Waals surface area (Å²) >= 11 is 0. The van der Waals surface area contributed by atoms with E-state index >= 15 is 0 Å². The van der Waals surface area contributed by atoms with Gasteiger partial charge in [0.15, 0.2) is 0 Å². The van der Waals surface area contributed by atoms with Crippen LogP contribution in [0, 0.1) is 5.95 Å². The third-order valence-electron chi connectivity index (χ3n) is 1.95. The second-order valence-electron chi connectivity index (χ2n) is 3.75. The molecule has 0 aliphatic carbocycles. The zero-order chi connectivity index (χ0) is 12.3. The molecule has 0 radical (unpaired) electrons. The Morgan fingerprint density at radius 1 is 1.50 bits per heavy atom. The molecule has 6 heteroatoms. The summed E-state index contributed by atoms with van der Waals surface area (Å²) in [6, 6.07) is 2.24. The number of hydrogen-bond donors (Lipinski definition) is 2. The van der Waals surface area contributed by atoms with Gasteiger partial charge in [-0.2, -0.15) is 4.39 Å². The third-order valence-corrected chi connectivity index (χ3v) is 1.95. The van der Waals surface area contributed by atoms with Crippen molar-refractivity contribution in [3.8, 4) is 0 Å². The van der Waals surface area contributed by atoms with Gasteiger partial charge in [-0.25, -0.2) is 9.78 Å². The van der Waals surface area contributed by atoms with E-state index in [4.69, 9.17) is 5.11 Å². The van der Waals surface area contributed by atoms with Gasteiger partial charge in [0.05, 0.1) is 0 Å². The van der Waals surface area contributed by atoms with E-state index in [1.165, 1.54) is 19.9 Å². The van der Waals surface area contributed by atoms with Crippen LogP contribution in [-0.4, -0.2) is 27.5 Å². The number of nitrogens with one attached hydrogen (secondary N) is 1. The Labute approximate surface area is 91.3 Å². The molecule has 1 heterocycles. The molecule has 0 aromatic carbocycles. The van der Waals surface area contributed by atoms with Crippen LogP contribution in [-0.2, 0) is 4.79 Å². The minimum absolute atomic E-state index is 0.0295.